The molecule has 1 aromatic heterocycles. The van der Waals surface area contributed by atoms with Crippen LogP contribution < -0.4 is 5.73 Å². The van der Waals surface area contributed by atoms with Gasteiger partial charge in [0.15, 0.2) is 0 Å². The zero-order valence-electron chi connectivity index (χ0n) is 10.2. The first-order valence-electron chi connectivity index (χ1n) is 5.68. The van der Waals surface area contributed by atoms with Crippen LogP contribution in [0, 0.1) is 5.82 Å². The Balaban J connectivity index is 2.54. The van der Waals surface area contributed by atoms with E-state index in [1.165, 1.54) is 23.5 Å². The maximum Gasteiger partial charge on any atom is 0.133 e. The van der Waals surface area contributed by atoms with Crippen molar-refractivity contribution in [2.24, 2.45) is 5.73 Å². The molecule has 0 aliphatic heterocycles. The highest BCUT2D eigenvalue weighted by atomic mass is 35.5. The van der Waals surface area contributed by atoms with Crippen LogP contribution in [0.3, 0.4) is 0 Å². The molecule has 0 spiro atoms. The fourth-order valence-corrected chi connectivity index (χ4v) is 3.02. The van der Waals surface area contributed by atoms with Crippen LogP contribution in [-0.2, 0) is 6.54 Å². The summed E-state index contributed by atoms with van der Waals surface area (Å²) in [7, 11) is 0. The molecule has 0 radical (unpaired) electrons. The van der Waals surface area contributed by atoms with E-state index in [9.17, 15) is 4.39 Å². The molecule has 0 unspecified atom stereocenters. The lowest BCUT2D eigenvalue weighted by Crippen LogP contribution is -1.99. The molecule has 0 saturated heterocycles. The highest BCUT2D eigenvalue weighted by Gasteiger charge is 2.16. The Bertz CT molecular complexity index is 566. The van der Waals surface area contributed by atoms with Crippen molar-refractivity contribution in [3.05, 3.63) is 39.6 Å². The SMILES string of the molecule is CC(C)c1nc(-c2cc(Cl)ccc2F)sc1CN. The number of benzene rings is 1. The Hall–Kier alpha value is -0.970. The Labute approximate surface area is 115 Å². The van der Waals surface area contributed by atoms with Crippen LogP contribution in [0.15, 0.2) is 18.2 Å². The standard InChI is InChI=1S/C13H14ClFN2S/c1-7(2)12-11(6-16)18-13(17-12)9-5-8(14)3-4-10(9)15/h3-5,7H,6,16H2,1-2H3. The molecule has 96 valence electrons. The molecule has 0 atom stereocenters. The molecule has 0 bridgehead atoms. The van der Waals surface area contributed by atoms with Gasteiger partial charge in [-0.3, -0.25) is 0 Å². The Morgan fingerprint density at radius 2 is 2.17 bits per heavy atom. The molecule has 1 heterocycles. The van der Waals surface area contributed by atoms with E-state index in [0.717, 1.165) is 10.6 Å². The van der Waals surface area contributed by atoms with Crippen molar-refractivity contribution in [2.75, 3.05) is 0 Å². The zero-order chi connectivity index (χ0) is 13.3. The summed E-state index contributed by atoms with van der Waals surface area (Å²) in [5.74, 6) is -0.0391. The summed E-state index contributed by atoms with van der Waals surface area (Å²) < 4.78 is 13.8. The molecule has 2 nitrogen and oxygen atoms in total. The van der Waals surface area contributed by atoms with E-state index in [1.807, 2.05) is 13.8 Å². The summed E-state index contributed by atoms with van der Waals surface area (Å²) in [5.41, 5.74) is 7.08. The molecule has 0 aliphatic carbocycles. The maximum absolute atomic E-state index is 13.8. The molecule has 2 N–H and O–H groups in total. The number of aromatic nitrogens is 1. The van der Waals surface area contributed by atoms with Crippen LogP contribution in [0.25, 0.3) is 10.6 Å². The second-order valence-electron chi connectivity index (χ2n) is 4.31. The van der Waals surface area contributed by atoms with Gasteiger partial charge in [0.05, 0.1) is 5.69 Å². The number of rotatable bonds is 3. The first kappa shape index (κ1) is 13.5. The quantitative estimate of drug-likeness (QED) is 0.918. The first-order valence-corrected chi connectivity index (χ1v) is 6.87. The van der Waals surface area contributed by atoms with Crippen molar-refractivity contribution in [3.8, 4) is 10.6 Å². The summed E-state index contributed by atoms with van der Waals surface area (Å²) >= 11 is 7.32. The number of hydrogen-bond donors (Lipinski definition) is 1. The minimum Gasteiger partial charge on any atom is -0.326 e. The van der Waals surface area contributed by atoms with E-state index in [-0.39, 0.29) is 11.7 Å². The molecule has 0 fully saturated rings. The van der Waals surface area contributed by atoms with Crippen LogP contribution in [0.4, 0.5) is 4.39 Å². The smallest absolute Gasteiger partial charge is 0.133 e. The van der Waals surface area contributed by atoms with Crippen LogP contribution in [0.5, 0.6) is 0 Å². The molecule has 0 aliphatic rings. The van der Waals surface area contributed by atoms with Crippen molar-refractivity contribution in [3.63, 3.8) is 0 Å². The normalized spacial score (nSPS) is 11.2. The van der Waals surface area contributed by atoms with Gasteiger partial charge in [0.1, 0.15) is 10.8 Å². The Kier molecular flexibility index (Phi) is 4.00. The maximum atomic E-state index is 13.8. The highest BCUT2D eigenvalue weighted by Crippen LogP contribution is 2.33. The van der Waals surface area contributed by atoms with E-state index in [0.29, 0.717) is 22.1 Å². The lowest BCUT2D eigenvalue weighted by Gasteiger charge is -2.02. The van der Waals surface area contributed by atoms with Crippen LogP contribution in [-0.4, -0.2) is 4.98 Å². The molecule has 2 aromatic rings. The zero-order valence-corrected chi connectivity index (χ0v) is 11.8. The summed E-state index contributed by atoms with van der Waals surface area (Å²) in [5, 5.41) is 1.14. The predicted molar refractivity (Wildman–Crippen MR) is 74.5 cm³/mol. The largest absolute Gasteiger partial charge is 0.326 e. The van der Waals surface area contributed by atoms with Crippen molar-refractivity contribution in [1.29, 1.82) is 0 Å². The molecule has 0 amide bonds. The lowest BCUT2D eigenvalue weighted by atomic mass is 10.1. The fraction of sp³-hybridized carbons (Fsp3) is 0.308. The van der Waals surface area contributed by atoms with Crippen LogP contribution in [0.2, 0.25) is 5.02 Å². The van der Waals surface area contributed by atoms with Gasteiger partial charge in [0.25, 0.3) is 0 Å². The van der Waals surface area contributed by atoms with Gasteiger partial charge in [-0.15, -0.1) is 11.3 Å². The summed E-state index contributed by atoms with van der Waals surface area (Å²) in [6, 6.07) is 4.48. The average molecular weight is 285 g/mol. The van der Waals surface area contributed by atoms with E-state index < -0.39 is 0 Å². The molecule has 5 heteroatoms. The second-order valence-corrected chi connectivity index (χ2v) is 5.83. The minimum atomic E-state index is -0.313. The van der Waals surface area contributed by atoms with Crippen LogP contribution >= 0.6 is 22.9 Å². The van der Waals surface area contributed by atoms with E-state index in [4.69, 9.17) is 17.3 Å². The third-order valence-electron chi connectivity index (χ3n) is 2.62. The summed E-state index contributed by atoms with van der Waals surface area (Å²) in [4.78, 5) is 5.49. The van der Waals surface area contributed by atoms with Crippen molar-refractivity contribution in [1.82, 2.24) is 4.98 Å². The summed E-state index contributed by atoms with van der Waals surface area (Å²) in [6.45, 7) is 4.52. The number of nitrogens with zero attached hydrogens (tertiary/aromatic N) is 1. The number of thiazole rings is 1. The van der Waals surface area contributed by atoms with Crippen LogP contribution in [0.1, 0.15) is 30.3 Å². The molecular formula is C13H14ClFN2S. The third kappa shape index (κ3) is 2.55. The van der Waals surface area contributed by atoms with Gasteiger partial charge in [-0.05, 0) is 24.1 Å². The van der Waals surface area contributed by atoms with Gasteiger partial charge in [-0.1, -0.05) is 25.4 Å². The Morgan fingerprint density at radius 3 is 2.72 bits per heavy atom. The van der Waals surface area contributed by atoms with Gasteiger partial charge in [0.2, 0.25) is 0 Å². The van der Waals surface area contributed by atoms with E-state index >= 15 is 0 Å². The van der Waals surface area contributed by atoms with E-state index in [2.05, 4.69) is 4.98 Å². The Morgan fingerprint density at radius 1 is 1.44 bits per heavy atom. The molecular weight excluding hydrogens is 271 g/mol. The van der Waals surface area contributed by atoms with Crippen molar-refractivity contribution >= 4 is 22.9 Å². The third-order valence-corrected chi connectivity index (χ3v) is 3.98. The molecule has 18 heavy (non-hydrogen) atoms. The fourth-order valence-electron chi connectivity index (χ4n) is 1.74. The highest BCUT2D eigenvalue weighted by molar-refractivity contribution is 7.15. The monoisotopic (exact) mass is 284 g/mol. The van der Waals surface area contributed by atoms with Gasteiger partial charge in [-0.2, -0.15) is 0 Å². The van der Waals surface area contributed by atoms with Crippen molar-refractivity contribution in [2.45, 2.75) is 26.3 Å². The van der Waals surface area contributed by atoms with Gasteiger partial charge < -0.3 is 5.73 Å². The number of nitrogens with two attached hydrogens (primary N) is 1. The molecule has 0 saturated carbocycles. The number of halogens is 2. The second kappa shape index (κ2) is 5.34. The van der Waals surface area contributed by atoms with Crippen molar-refractivity contribution < 1.29 is 4.39 Å². The van der Waals surface area contributed by atoms with E-state index in [1.54, 1.807) is 6.07 Å². The number of hydrogen-bond acceptors (Lipinski definition) is 3. The molecule has 2 rings (SSSR count). The topological polar surface area (TPSA) is 38.9 Å². The molecule has 1 aromatic carbocycles. The van der Waals surface area contributed by atoms with Gasteiger partial charge in [-0.25, -0.2) is 9.37 Å². The summed E-state index contributed by atoms with van der Waals surface area (Å²) in [6.07, 6.45) is 0. The predicted octanol–water partition coefficient (Wildman–Crippen LogP) is 4.18. The lowest BCUT2D eigenvalue weighted by molar-refractivity contribution is 0.631. The first-order chi connectivity index (χ1) is 8.52. The van der Waals surface area contributed by atoms with Gasteiger partial charge >= 0.3 is 0 Å². The average Bonchev–Trinajstić information content (AvgIpc) is 2.76. The minimum absolute atomic E-state index is 0.274. The van der Waals surface area contributed by atoms with Gasteiger partial charge in [0, 0.05) is 22.0 Å².